The van der Waals surface area contributed by atoms with Crippen LogP contribution in [-0.2, 0) is 11.2 Å². The van der Waals surface area contributed by atoms with Crippen LogP contribution in [0.15, 0.2) is 74.4 Å². The summed E-state index contributed by atoms with van der Waals surface area (Å²) < 4.78 is 29.6. The number of aryl methyl sites for hydroxylation is 1. The Balaban J connectivity index is 1.40. The van der Waals surface area contributed by atoms with Crippen LogP contribution >= 0.6 is 0 Å². The van der Waals surface area contributed by atoms with Crippen LogP contribution in [0.1, 0.15) is 12.3 Å². The Morgan fingerprint density at radius 1 is 1.07 bits per heavy atom. The molecule has 4 rings (SSSR count). The number of fused-ring (bicyclic) bond motifs is 1. The van der Waals surface area contributed by atoms with Crippen LogP contribution in [0.25, 0.3) is 22.3 Å². The van der Waals surface area contributed by atoms with Gasteiger partial charge in [0.2, 0.25) is 0 Å². The number of oxazole rings is 1. The lowest BCUT2D eigenvalue weighted by molar-refractivity contribution is -0.134. The van der Waals surface area contributed by atoms with E-state index in [1.165, 1.54) is 24.4 Å². The smallest absolute Gasteiger partial charge is 0.336 e. The molecule has 0 saturated heterocycles. The van der Waals surface area contributed by atoms with Crippen molar-refractivity contribution >= 4 is 16.9 Å². The van der Waals surface area contributed by atoms with E-state index in [1.807, 2.05) is 0 Å². The van der Waals surface area contributed by atoms with Gasteiger partial charge >= 0.3 is 11.6 Å². The van der Waals surface area contributed by atoms with Crippen molar-refractivity contribution in [3.05, 3.63) is 82.9 Å². The van der Waals surface area contributed by atoms with Gasteiger partial charge < -0.3 is 13.6 Å². The van der Waals surface area contributed by atoms with Crippen molar-refractivity contribution in [2.75, 3.05) is 0 Å². The van der Waals surface area contributed by atoms with Crippen molar-refractivity contribution in [3.63, 3.8) is 0 Å². The Kier molecular flexibility index (Phi) is 4.72. The number of hydrogen-bond donors (Lipinski definition) is 0. The van der Waals surface area contributed by atoms with Crippen LogP contribution in [0.4, 0.5) is 4.39 Å². The van der Waals surface area contributed by atoms with E-state index in [4.69, 9.17) is 13.6 Å². The number of ether oxygens (including phenoxy) is 1. The molecule has 0 amide bonds. The molecular weight excluding hydrogens is 365 g/mol. The summed E-state index contributed by atoms with van der Waals surface area (Å²) >= 11 is 0. The van der Waals surface area contributed by atoms with Crippen molar-refractivity contribution in [3.8, 4) is 17.1 Å². The Hall–Kier alpha value is -3.74. The van der Waals surface area contributed by atoms with Crippen molar-refractivity contribution in [1.29, 1.82) is 0 Å². The first-order valence-corrected chi connectivity index (χ1v) is 8.53. The molecule has 0 fully saturated rings. The number of hydrogen-bond acceptors (Lipinski definition) is 6. The third kappa shape index (κ3) is 3.83. The number of benzene rings is 2. The molecule has 2 aromatic carbocycles. The SMILES string of the molecule is O=C(CCc1ncc(-c2ccccc2F)o1)Oc1ccc2ccc(=O)oc2c1. The van der Waals surface area contributed by atoms with Crippen LogP contribution in [0.5, 0.6) is 5.75 Å². The molecule has 0 atom stereocenters. The predicted octanol–water partition coefficient (Wildman–Crippen LogP) is 4.13. The molecule has 0 saturated carbocycles. The molecule has 6 nitrogen and oxygen atoms in total. The highest BCUT2D eigenvalue weighted by Crippen LogP contribution is 2.24. The fraction of sp³-hybridized carbons (Fsp3) is 0.0952. The van der Waals surface area contributed by atoms with Gasteiger partial charge in [-0.15, -0.1) is 0 Å². The van der Waals surface area contributed by atoms with E-state index in [1.54, 1.807) is 36.4 Å². The molecule has 0 aliphatic heterocycles. The average molecular weight is 379 g/mol. The van der Waals surface area contributed by atoms with E-state index in [0.29, 0.717) is 22.8 Å². The first kappa shape index (κ1) is 17.7. The van der Waals surface area contributed by atoms with Crippen molar-refractivity contribution in [2.45, 2.75) is 12.8 Å². The van der Waals surface area contributed by atoms with Gasteiger partial charge in [-0.25, -0.2) is 14.2 Å². The molecule has 0 aliphatic carbocycles. The highest BCUT2D eigenvalue weighted by Gasteiger charge is 2.13. The number of esters is 1. The topological polar surface area (TPSA) is 82.5 Å². The number of carbonyl (C=O) groups excluding carboxylic acids is 1. The maximum Gasteiger partial charge on any atom is 0.336 e. The fourth-order valence-electron chi connectivity index (χ4n) is 2.71. The number of halogens is 1. The minimum Gasteiger partial charge on any atom is -0.441 e. The standard InChI is InChI=1S/C21H14FNO5/c22-16-4-2-1-3-15(16)18-12-23-19(27-18)8-10-20(24)26-14-7-5-13-6-9-21(25)28-17(13)11-14/h1-7,9,11-12H,8,10H2. The number of nitrogens with zero attached hydrogens (tertiary/aromatic N) is 1. The summed E-state index contributed by atoms with van der Waals surface area (Å²) in [7, 11) is 0. The Morgan fingerprint density at radius 2 is 1.89 bits per heavy atom. The van der Waals surface area contributed by atoms with Crippen LogP contribution in [-0.4, -0.2) is 11.0 Å². The van der Waals surface area contributed by atoms with Crippen molar-refractivity contribution in [1.82, 2.24) is 4.98 Å². The summed E-state index contributed by atoms with van der Waals surface area (Å²) in [5.74, 6) is -0.0344. The molecule has 0 spiro atoms. The summed E-state index contributed by atoms with van der Waals surface area (Å²) in [6, 6.07) is 13.9. The quantitative estimate of drug-likeness (QED) is 0.295. The van der Waals surface area contributed by atoms with Gasteiger partial charge in [0, 0.05) is 23.9 Å². The third-order valence-corrected chi connectivity index (χ3v) is 4.06. The van der Waals surface area contributed by atoms with Gasteiger partial charge in [-0.05, 0) is 30.3 Å². The number of carbonyl (C=O) groups is 1. The Bertz CT molecular complexity index is 1210. The van der Waals surface area contributed by atoms with Crippen LogP contribution in [0.2, 0.25) is 0 Å². The maximum atomic E-state index is 13.8. The van der Waals surface area contributed by atoms with E-state index >= 15 is 0 Å². The molecule has 0 N–H and O–H groups in total. The van der Waals surface area contributed by atoms with Gasteiger partial charge in [0.05, 0.1) is 18.2 Å². The Morgan fingerprint density at radius 3 is 2.75 bits per heavy atom. The molecule has 140 valence electrons. The Labute approximate surface area is 158 Å². The zero-order valence-electron chi connectivity index (χ0n) is 14.6. The van der Waals surface area contributed by atoms with Gasteiger partial charge in [-0.3, -0.25) is 4.79 Å². The summed E-state index contributed by atoms with van der Waals surface area (Å²) in [5.41, 5.74) is 0.159. The molecule has 2 heterocycles. The van der Waals surface area contributed by atoms with Crippen LogP contribution < -0.4 is 10.4 Å². The summed E-state index contributed by atoms with van der Waals surface area (Å²) in [4.78, 5) is 27.4. The fourth-order valence-corrected chi connectivity index (χ4v) is 2.71. The molecule has 4 aromatic rings. The van der Waals surface area contributed by atoms with Gasteiger partial charge in [0.15, 0.2) is 11.7 Å². The molecule has 0 aliphatic rings. The number of aromatic nitrogens is 1. The average Bonchev–Trinajstić information content (AvgIpc) is 3.15. The molecule has 0 radical (unpaired) electrons. The highest BCUT2D eigenvalue weighted by atomic mass is 19.1. The van der Waals surface area contributed by atoms with E-state index in [2.05, 4.69) is 4.98 Å². The predicted molar refractivity (Wildman–Crippen MR) is 98.3 cm³/mol. The normalized spacial score (nSPS) is 10.9. The minimum atomic E-state index is -0.497. The summed E-state index contributed by atoms with van der Waals surface area (Å²) in [6.07, 6.45) is 1.65. The molecule has 7 heteroatoms. The van der Waals surface area contributed by atoms with E-state index in [0.717, 1.165) is 5.39 Å². The second-order valence-corrected chi connectivity index (χ2v) is 6.03. The van der Waals surface area contributed by atoms with Crippen LogP contribution in [0, 0.1) is 5.82 Å². The van der Waals surface area contributed by atoms with Crippen molar-refractivity contribution in [2.24, 2.45) is 0 Å². The van der Waals surface area contributed by atoms with E-state index < -0.39 is 17.4 Å². The highest BCUT2D eigenvalue weighted by molar-refractivity contribution is 5.79. The molecule has 2 aromatic heterocycles. The second kappa shape index (κ2) is 7.48. The third-order valence-electron chi connectivity index (χ3n) is 4.06. The first-order chi connectivity index (χ1) is 13.6. The first-order valence-electron chi connectivity index (χ1n) is 8.53. The monoisotopic (exact) mass is 379 g/mol. The minimum absolute atomic E-state index is 0.0218. The molecule has 28 heavy (non-hydrogen) atoms. The van der Waals surface area contributed by atoms with Gasteiger partial charge in [-0.1, -0.05) is 12.1 Å². The van der Waals surface area contributed by atoms with E-state index in [-0.39, 0.29) is 18.6 Å². The molecular formula is C21H14FNO5. The lowest BCUT2D eigenvalue weighted by Crippen LogP contribution is -2.09. The number of rotatable bonds is 5. The largest absolute Gasteiger partial charge is 0.441 e. The molecule has 0 bridgehead atoms. The summed E-state index contributed by atoms with van der Waals surface area (Å²) in [6.45, 7) is 0. The van der Waals surface area contributed by atoms with Gasteiger partial charge in [0.1, 0.15) is 17.1 Å². The summed E-state index contributed by atoms with van der Waals surface area (Å²) in [5, 5.41) is 0.722. The second-order valence-electron chi connectivity index (χ2n) is 6.03. The van der Waals surface area contributed by atoms with Crippen LogP contribution in [0.3, 0.4) is 0 Å². The zero-order valence-corrected chi connectivity index (χ0v) is 14.6. The van der Waals surface area contributed by atoms with Crippen molar-refractivity contribution < 1.29 is 22.8 Å². The zero-order chi connectivity index (χ0) is 19.5. The van der Waals surface area contributed by atoms with Gasteiger partial charge in [0.25, 0.3) is 0 Å². The van der Waals surface area contributed by atoms with E-state index in [9.17, 15) is 14.0 Å². The lowest BCUT2D eigenvalue weighted by atomic mass is 10.2. The molecule has 0 unspecified atom stereocenters. The van der Waals surface area contributed by atoms with Gasteiger partial charge in [-0.2, -0.15) is 0 Å². The maximum absolute atomic E-state index is 13.8. The lowest BCUT2D eigenvalue weighted by Gasteiger charge is -2.04.